The summed E-state index contributed by atoms with van der Waals surface area (Å²) < 4.78 is 13.5. The van der Waals surface area contributed by atoms with Gasteiger partial charge in [-0.2, -0.15) is 5.26 Å². The van der Waals surface area contributed by atoms with Gasteiger partial charge in [-0.3, -0.25) is 0 Å². The monoisotopic (exact) mass is 233 g/mol. The van der Waals surface area contributed by atoms with Crippen LogP contribution in [0.1, 0.15) is 5.56 Å². The molecule has 0 aliphatic rings. The first-order valence-corrected chi connectivity index (χ1v) is 4.76. The number of rotatable bonds is 1. The van der Waals surface area contributed by atoms with Crippen molar-refractivity contribution in [1.29, 1.82) is 5.26 Å². The molecular weight excluding hydrogens is 229 g/mol. The van der Waals surface area contributed by atoms with Crippen LogP contribution in [-0.2, 0) is 0 Å². The normalized spacial score (nSPS) is 9.81. The molecule has 0 saturated heterocycles. The third kappa shape index (κ3) is 2.00. The van der Waals surface area contributed by atoms with E-state index in [0.717, 1.165) is 0 Å². The Balaban J connectivity index is 2.55. The molecule has 0 amide bonds. The molecule has 0 bridgehead atoms. The van der Waals surface area contributed by atoms with Crippen LogP contribution in [-0.4, -0.2) is 9.97 Å². The Labute approximate surface area is 96.2 Å². The highest BCUT2D eigenvalue weighted by molar-refractivity contribution is 6.28. The molecule has 0 unspecified atom stereocenters. The summed E-state index contributed by atoms with van der Waals surface area (Å²) in [5.41, 5.74) is 1.15. The maximum Gasteiger partial charge on any atom is 0.222 e. The van der Waals surface area contributed by atoms with Gasteiger partial charge in [-0.25, -0.2) is 14.4 Å². The van der Waals surface area contributed by atoms with E-state index in [9.17, 15) is 4.39 Å². The molecule has 0 atom stereocenters. The predicted molar refractivity (Wildman–Crippen MR) is 57.2 cm³/mol. The van der Waals surface area contributed by atoms with E-state index in [1.54, 1.807) is 0 Å². The van der Waals surface area contributed by atoms with Crippen molar-refractivity contribution in [2.45, 2.75) is 0 Å². The van der Waals surface area contributed by atoms with Gasteiger partial charge in [0.25, 0.3) is 0 Å². The molecule has 0 radical (unpaired) electrons. The average Bonchev–Trinajstić information content (AvgIpc) is 2.31. The van der Waals surface area contributed by atoms with Gasteiger partial charge in [-0.05, 0) is 29.8 Å². The van der Waals surface area contributed by atoms with E-state index >= 15 is 0 Å². The molecule has 3 nitrogen and oxygen atoms in total. The Morgan fingerprint density at radius 1 is 1.25 bits per heavy atom. The second-order valence-corrected chi connectivity index (χ2v) is 3.39. The van der Waals surface area contributed by atoms with E-state index < -0.39 is 5.82 Å². The zero-order valence-electron chi connectivity index (χ0n) is 7.98. The molecule has 2 aromatic rings. The Morgan fingerprint density at radius 2 is 1.94 bits per heavy atom. The fraction of sp³-hybridized carbons (Fsp3) is 0. The number of aromatic nitrogens is 2. The first-order valence-electron chi connectivity index (χ1n) is 4.38. The highest BCUT2D eigenvalue weighted by Crippen LogP contribution is 2.22. The molecule has 1 aromatic carbocycles. The van der Waals surface area contributed by atoms with Crippen molar-refractivity contribution in [2.24, 2.45) is 0 Å². The number of hydrogen-bond acceptors (Lipinski definition) is 3. The first kappa shape index (κ1) is 10.5. The van der Waals surface area contributed by atoms with Crippen LogP contribution in [0, 0.1) is 17.1 Å². The van der Waals surface area contributed by atoms with Crippen LogP contribution in [0.4, 0.5) is 4.39 Å². The van der Waals surface area contributed by atoms with Crippen molar-refractivity contribution in [2.75, 3.05) is 0 Å². The number of halogens is 2. The van der Waals surface area contributed by atoms with E-state index in [-0.39, 0.29) is 10.8 Å². The summed E-state index contributed by atoms with van der Waals surface area (Å²) in [5.74, 6) is -0.426. The van der Waals surface area contributed by atoms with Gasteiger partial charge in [0.15, 0.2) is 0 Å². The summed E-state index contributed by atoms with van der Waals surface area (Å²) >= 11 is 5.53. The minimum absolute atomic E-state index is 0.0978. The number of hydrogen-bond donors (Lipinski definition) is 0. The van der Waals surface area contributed by atoms with E-state index in [2.05, 4.69) is 9.97 Å². The van der Waals surface area contributed by atoms with Crippen LogP contribution in [0.25, 0.3) is 11.1 Å². The summed E-state index contributed by atoms with van der Waals surface area (Å²) in [4.78, 5) is 7.51. The average molecular weight is 234 g/mol. The fourth-order valence-corrected chi connectivity index (χ4v) is 1.37. The van der Waals surface area contributed by atoms with Gasteiger partial charge in [0, 0.05) is 23.5 Å². The van der Waals surface area contributed by atoms with Crippen LogP contribution in [0.15, 0.2) is 30.6 Å². The maximum atomic E-state index is 13.5. The minimum atomic E-state index is -0.426. The fourth-order valence-electron chi connectivity index (χ4n) is 1.27. The second-order valence-electron chi connectivity index (χ2n) is 3.05. The lowest BCUT2D eigenvalue weighted by molar-refractivity contribution is 0.631. The molecule has 0 aliphatic heterocycles. The molecule has 0 spiro atoms. The molecule has 2 rings (SSSR count). The molecule has 16 heavy (non-hydrogen) atoms. The van der Waals surface area contributed by atoms with Gasteiger partial charge in [0.2, 0.25) is 5.28 Å². The SMILES string of the molecule is N#Cc1ccc(F)c(-c2cnc(Cl)nc2)c1. The lowest BCUT2D eigenvalue weighted by Crippen LogP contribution is -1.89. The largest absolute Gasteiger partial charge is 0.226 e. The quantitative estimate of drug-likeness (QED) is 0.712. The van der Waals surface area contributed by atoms with Gasteiger partial charge in [0.1, 0.15) is 5.82 Å². The van der Waals surface area contributed by atoms with Crippen LogP contribution in [0.3, 0.4) is 0 Å². The van der Waals surface area contributed by atoms with Crippen molar-refractivity contribution in [3.63, 3.8) is 0 Å². The van der Waals surface area contributed by atoms with Gasteiger partial charge >= 0.3 is 0 Å². The summed E-state index contributed by atoms with van der Waals surface area (Å²) in [5, 5.41) is 8.82. The van der Waals surface area contributed by atoms with Crippen molar-refractivity contribution in [1.82, 2.24) is 9.97 Å². The Kier molecular flexibility index (Phi) is 2.80. The summed E-state index contributed by atoms with van der Waals surface area (Å²) in [6.07, 6.45) is 2.82. The summed E-state index contributed by atoms with van der Waals surface area (Å²) in [7, 11) is 0. The van der Waals surface area contributed by atoms with Crippen LogP contribution < -0.4 is 0 Å². The van der Waals surface area contributed by atoms with E-state index in [1.807, 2.05) is 6.07 Å². The molecular formula is C11H5ClFN3. The molecule has 0 N–H and O–H groups in total. The smallest absolute Gasteiger partial charge is 0.222 e. The first-order chi connectivity index (χ1) is 7.70. The third-order valence-corrected chi connectivity index (χ3v) is 2.22. The Hall–Kier alpha value is -1.99. The summed E-state index contributed by atoms with van der Waals surface area (Å²) in [6, 6.07) is 6.04. The Morgan fingerprint density at radius 3 is 2.56 bits per heavy atom. The standard InChI is InChI=1S/C11H5ClFN3/c12-11-15-5-8(6-16-11)9-3-7(4-14)1-2-10(9)13/h1-3,5-6H. The highest BCUT2D eigenvalue weighted by atomic mass is 35.5. The Bertz CT molecular complexity index is 560. The predicted octanol–water partition coefficient (Wildman–Crippen LogP) is 2.81. The van der Waals surface area contributed by atoms with E-state index in [4.69, 9.17) is 16.9 Å². The van der Waals surface area contributed by atoms with Crippen molar-refractivity contribution < 1.29 is 4.39 Å². The molecule has 0 fully saturated rings. The van der Waals surface area contributed by atoms with Crippen molar-refractivity contribution in [3.8, 4) is 17.2 Å². The van der Waals surface area contributed by atoms with Gasteiger partial charge in [0.05, 0.1) is 11.6 Å². The molecule has 5 heteroatoms. The van der Waals surface area contributed by atoms with Crippen LogP contribution >= 0.6 is 11.6 Å². The van der Waals surface area contributed by atoms with Gasteiger partial charge < -0.3 is 0 Å². The van der Waals surface area contributed by atoms with Crippen molar-refractivity contribution in [3.05, 3.63) is 47.3 Å². The summed E-state index contributed by atoms with van der Waals surface area (Å²) in [6.45, 7) is 0. The number of nitriles is 1. The van der Waals surface area contributed by atoms with Crippen molar-refractivity contribution >= 4 is 11.6 Å². The molecule has 1 heterocycles. The third-order valence-electron chi connectivity index (χ3n) is 2.03. The van der Waals surface area contributed by atoms with Gasteiger partial charge in [-0.1, -0.05) is 0 Å². The highest BCUT2D eigenvalue weighted by Gasteiger charge is 2.07. The molecule has 78 valence electrons. The molecule has 0 aliphatic carbocycles. The maximum absolute atomic E-state index is 13.5. The lowest BCUT2D eigenvalue weighted by atomic mass is 10.1. The molecule has 1 aromatic heterocycles. The zero-order valence-corrected chi connectivity index (χ0v) is 8.74. The van der Waals surface area contributed by atoms with E-state index in [1.165, 1.54) is 30.6 Å². The zero-order chi connectivity index (χ0) is 11.5. The van der Waals surface area contributed by atoms with Crippen LogP contribution in [0.2, 0.25) is 5.28 Å². The number of benzene rings is 1. The van der Waals surface area contributed by atoms with Gasteiger partial charge in [-0.15, -0.1) is 0 Å². The minimum Gasteiger partial charge on any atom is -0.226 e. The molecule has 0 saturated carbocycles. The lowest BCUT2D eigenvalue weighted by Gasteiger charge is -2.02. The topological polar surface area (TPSA) is 49.6 Å². The number of nitrogens with zero attached hydrogens (tertiary/aromatic N) is 3. The van der Waals surface area contributed by atoms with Crippen LogP contribution in [0.5, 0.6) is 0 Å². The van der Waals surface area contributed by atoms with E-state index in [0.29, 0.717) is 11.1 Å². The second kappa shape index (κ2) is 4.25.